The fourth-order valence-electron chi connectivity index (χ4n) is 5.19. The number of rotatable bonds is 6. The number of halogens is 1. The van der Waals surface area contributed by atoms with E-state index in [0.717, 1.165) is 74.0 Å². The number of aliphatic imine (C=N–C) groups is 2. The van der Waals surface area contributed by atoms with E-state index in [-0.39, 0.29) is 111 Å². The monoisotopic (exact) mass is 862 g/mol. The first kappa shape index (κ1) is 48.5. The van der Waals surface area contributed by atoms with Crippen LogP contribution in [0.1, 0.15) is 20.0 Å². The summed E-state index contributed by atoms with van der Waals surface area (Å²) in [4.78, 5) is 49.2. The fourth-order valence-corrected chi connectivity index (χ4v) is 5.39. The van der Waals surface area contributed by atoms with E-state index in [1.54, 1.807) is 68.0 Å². The molecule has 292 valence electrons. The van der Waals surface area contributed by atoms with E-state index in [9.17, 15) is 0 Å². The van der Waals surface area contributed by atoms with Crippen molar-refractivity contribution in [2.45, 2.75) is 20.8 Å². The summed E-state index contributed by atoms with van der Waals surface area (Å²) in [5, 5.41) is 20.2. The molecule has 0 radical (unpaired) electrons. The van der Waals surface area contributed by atoms with E-state index < -0.39 is 0 Å². The van der Waals surface area contributed by atoms with Crippen molar-refractivity contribution in [2.24, 2.45) is 9.98 Å². The van der Waals surface area contributed by atoms with Crippen LogP contribution in [0.3, 0.4) is 0 Å². The van der Waals surface area contributed by atoms with Crippen LogP contribution < -0.4 is 122 Å². The number of hydrogen-bond donors (Lipinski definition) is 3. The number of pyridine rings is 3. The van der Waals surface area contributed by atoms with Crippen LogP contribution in [0.5, 0.6) is 17.2 Å². The predicted molar refractivity (Wildman–Crippen MR) is 207 cm³/mol. The zero-order valence-corrected chi connectivity index (χ0v) is 40.0. The molecule has 8 aromatic rings. The van der Waals surface area contributed by atoms with Crippen LogP contribution in [-0.4, -0.2) is 106 Å². The average Bonchev–Trinajstić information content (AvgIpc) is 4.07. The average molecular weight is 863 g/mol. The first-order valence-corrected chi connectivity index (χ1v) is 16.8. The zero-order valence-electron chi connectivity index (χ0n) is 34.0. The molecule has 3 N–H and O–H groups in total. The third-order valence-electron chi connectivity index (χ3n) is 7.72. The molecule has 0 atom stereocenters. The van der Waals surface area contributed by atoms with Gasteiger partial charge in [0.15, 0.2) is 16.8 Å². The summed E-state index contributed by atoms with van der Waals surface area (Å²) in [6.07, 6.45) is 15.4. The van der Waals surface area contributed by atoms with Crippen molar-refractivity contribution < 1.29 is 133 Å². The molecule has 0 spiro atoms. The van der Waals surface area contributed by atoms with Crippen molar-refractivity contribution >= 4 is 62.8 Å². The number of nitrogens with one attached hydrogen (secondary N) is 3. The maximum absolute atomic E-state index is 8.64. The van der Waals surface area contributed by atoms with Gasteiger partial charge in [-0.2, -0.15) is 14.9 Å². The quantitative estimate of drug-likeness (QED) is 0.0549. The van der Waals surface area contributed by atoms with Crippen LogP contribution in [0, 0.1) is 13.8 Å². The van der Waals surface area contributed by atoms with Gasteiger partial charge >= 0.3 is 103 Å². The normalized spacial score (nSPS) is 10.9. The van der Waals surface area contributed by atoms with Gasteiger partial charge in [-0.3, -0.25) is 9.79 Å². The van der Waals surface area contributed by atoms with E-state index in [0.29, 0.717) is 16.8 Å². The number of amidine groups is 1. The van der Waals surface area contributed by atoms with Gasteiger partial charge < -0.3 is 40.7 Å². The van der Waals surface area contributed by atoms with Gasteiger partial charge in [0.1, 0.15) is 47.4 Å². The Morgan fingerprint density at radius 1 is 0.776 bits per heavy atom. The molecule has 0 aromatic carbocycles. The zero-order chi connectivity index (χ0) is 40.0. The van der Waals surface area contributed by atoms with E-state index in [1.807, 2.05) is 51.4 Å². The molecular formula is C35H37ClK2N14O6. The Labute approximate surface area is 422 Å². The summed E-state index contributed by atoms with van der Waals surface area (Å²) in [6.45, 7) is 6.22. The van der Waals surface area contributed by atoms with Gasteiger partial charge in [-0.05, 0) is 39.0 Å². The number of hydrogen-bond acceptors (Lipinski definition) is 15. The molecule has 58 heavy (non-hydrogen) atoms. The van der Waals surface area contributed by atoms with E-state index in [1.165, 1.54) is 6.33 Å². The second-order valence-electron chi connectivity index (χ2n) is 11.1. The summed E-state index contributed by atoms with van der Waals surface area (Å²) >= 11 is 5.83. The smallest absolute Gasteiger partial charge is 1.00 e. The Morgan fingerprint density at radius 2 is 1.29 bits per heavy atom. The van der Waals surface area contributed by atoms with E-state index in [2.05, 4.69) is 64.9 Å². The van der Waals surface area contributed by atoms with Crippen molar-refractivity contribution in [1.82, 2.24) is 59.4 Å². The fraction of sp³-hybridized carbons (Fsp3) is 0.200. The number of nitrogens with zero attached hydrogens (tertiary/aromatic N) is 11. The largest absolute Gasteiger partial charge is 1.00 e. The SMILES string of the molecule is CC1=NCC=N1.COc1cnc(-n2cnc(C)n2)c2[nH]ccc12.COc1cnc(-n2ncnc2C)c2[nH]ccc12.COc1cnc(Cl)c2[nH]ccc12.O=CO[O-].[H-].[K+].[K+]. The Kier molecular flexibility index (Phi) is 20.2. The van der Waals surface area contributed by atoms with Crippen molar-refractivity contribution in [2.75, 3.05) is 27.9 Å². The van der Waals surface area contributed by atoms with Crippen LogP contribution in [0.15, 0.2) is 78.0 Å². The Balaban J connectivity index is 0.000000270. The minimum atomic E-state index is -0.181. The molecule has 0 amide bonds. The summed E-state index contributed by atoms with van der Waals surface area (Å²) in [5.41, 5.74) is 2.59. The van der Waals surface area contributed by atoms with Crippen molar-refractivity contribution in [3.63, 3.8) is 0 Å². The topological polar surface area (TPSA) is 249 Å². The van der Waals surface area contributed by atoms with Gasteiger partial charge in [-0.15, -0.1) is 0 Å². The summed E-state index contributed by atoms with van der Waals surface area (Å²) in [5.74, 6) is 6.04. The molecule has 8 aromatic heterocycles. The van der Waals surface area contributed by atoms with Crippen LogP contribution in [0.2, 0.25) is 5.15 Å². The number of ether oxygens (including phenoxy) is 3. The van der Waals surface area contributed by atoms with E-state index >= 15 is 0 Å². The first-order valence-electron chi connectivity index (χ1n) is 16.4. The second kappa shape index (κ2) is 24.2. The minimum absolute atomic E-state index is 0. The van der Waals surface area contributed by atoms with Gasteiger partial charge in [0.25, 0.3) is 6.47 Å². The Morgan fingerprint density at radius 3 is 1.72 bits per heavy atom. The summed E-state index contributed by atoms with van der Waals surface area (Å²) < 4.78 is 19.0. The van der Waals surface area contributed by atoms with Gasteiger partial charge in [-0.25, -0.2) is 34.6 Å². The summed E-state index contributed by atoms with van der Waals surface area (Å²) in [6, 6.07) is 5.80. The molecule has 0 saturated heterocycles. The van der Waals surface area contributed by atoms with Gasteiger partial charge in [0.2, 0.25) is 0 Å². The van der Waals surface area contributed by atoms with Crippen molar-refractivity contribution in [3.05, 3.63) is 84.8 Å². The maximum atomic E-state index is 8.64. The Bertz CT molecular complexity index is 2590. The van der Waals surface area contributed by atoms with Crippen LogP contribution >= 0.6 is 11.6 Å². The third kappa shape index (κ3) is 12.1. The maximum Gasteiger partial charge on any atom is 1.00 e. The molecule has 0 aliphatic carbocycles. The molecule has 23 heteroatoms. The van der Waals surface area contributed by atoms with Crippen LogP contribution in [0.25, 0.3) is 44.3 Å². The molecule has 1 aliphatic rings. The molecule has 9 rings (SSSR count). The number of methoxy groups -OCH3 is 3. The number of H-pyrrole nitrogens is 3. The second-order valence-corrected chi connectivity index (χ2v) is 11.4. The predicted octanol–water partition coefficient (Wildman–Crippen LogP) is -1.81. The summed E-state index contributed by atoms with van der Waals surface area (Å²) in [7, 11) is 4.87. The molecule has 1 aliphatic heterocycles. The molecule has 20 nitrogen and oxygen atoms in total. The van der Waals surface area contributed by atoms with Crippen molar-refractivity contribution in [1.29, 1.82) is 0 Å². The molecule has 0 unspecified atom stereocenters. The molecule has 0 bridgehead atoms. The first-order chi connectivity index (χ1) is 27.2. The van der Waals surface area contributed by atoms with Crippen LogP contribution in [0.4, 0.5) is 0 Å². The number of aromatic amines is 3. The number of aryl methyl sites for hydroxylation is 2. The van der Waals surface area contributed by atoms with Crippen LogP contribution in [-0.2, 0) is 9.68 Å². The minimum Gasteiger partial charge on any atom is -1.00 e. The van der Waals surface area contributed by atoms with Crippen molar-refractivity contribution in [3.8, 4) is 28.9 Å². The molecule has 0 fully saturated rings. The van der Waals surface area contributed by atoms with Gasteiger partial charge in [0, 0.05) is 41.0 Å². The van der Waals surface area contributed by atoms with Gasteiger partial charge in [-0.1, -0.05) is 11.6 Å². The van der Waals surface area contributed by atoms with E-state index in [4.69, 9.17) is 35.9 Å². The number of aromatic nitrogens is 12. The molecular weight excluding hydrogens is 826 g/mol. The Hall–Kier alpha value is -3.92. The third-order valence-corrected chi connectivity index (χ3v) is 8.00. The number of carbonyl (C=O) groups is 1. The van der Waals surface area contributed by atoms with Gasteiger partial charge in [0.05, 0.1) is 63.0 Å². The molecule has 0 saturated carbocycles. The number of carbonyl (C=O) groups excluding carboxylic acids is 1. The molecule has 9 heterocycles. The standard InChI is InChI=1S/2C11H11N5O.C8H7ClN2O.C4H6N2.CH2O3.2K.H/c1-7-14-6-16(15-7)11-10-8(3-4-12-10)9(17-2)5-13-11;1-7-14-6-15-16(7)11-10-8(3-4-12-10)9(17-2)5-13-11;1-12-6-4-11-8(9)7-5(6)2-3-10-7;1-4-5-2-3-6-4;2-1-4-3;;;/h2*3-6,12H,1-2H3;2-4,10H,1H3;2H,3H2,1H3;1,3H;;;/q;;;;;2*+1;-1/p-1. The number of fused-ring (bicyclic) bond motifs is 3.